The molecule has 1 unspecified atom stereocenters. The minimum Gasteiger partial charge on any atom is -0.392 e. The molecule has 2 aromatic rings. The van der Waals surface area contributed by atoms with Gasteiger partial charge in [-0.2, -0.15) is 0 Å². The molecule has 0 aliphatic heterocycles. The summed E-state index contributed by atoms with van der Waals surface area (Å²) >= 11 is 0. The zero-order valence-electron chi connectivity index (χ0n) is 12.8. The molecule has 21 heavy (non-hydrogen) atoms. The van der Waals surface area contributed by atoms with E-state index in [0.29, 0.717) is 12.1 Å². The number of benzene rings is 2. The van der Waals surface area contributed by atoms with Gasteiger partial charge in [-0.15, -0.1) is 0 Å². The molecule has 1 atom stereocenters. The normalized spacial score (nSPS) is 12.4. The fourth-order valence-electron chi connectivity index (χ4n) is 2.55. The lowest BCUT2D eigenvalue weighted by molar-refractivity contribution is 0.275. The van der Waals surface area contributed by atoms with Crippen LogP contribution in [0.15, 0.2) is 36.4 Å². The molecule has 0 radical (unpaired) electrons. The van der Waals surface area contributed by atoms with Crippen LogP contribution in [0.1, 0.15) is 40.8 Å². The molecule has 112 valence electrons. The van der Waals surface area contributed by atoms with Crippen LogP contribution in [0, 0.1) is 19.7 Å². The smallest absolute Gasteiger partial charge is 0.128 e. The maximum atomic E-state index is 13.3. The summed E-state index contributed by atoms with van der Waals surface area (Å²) in [6, 6.07) is 11.5. The van der Waals surface area contributed by atoms with E-state index in [1.807, 2.05) is 0 Å². The number of aliphatic hydroxyl groups is 1. The first-order chi connectivity index (χ1) is 10.0. The molecule has 0 aromatic heterocycles. The quantitative estimate of drug-likeness (QED) is 0.877. The minimum absolute atomic E-state index is 0.216. The van der Waals surface area contributed by atoms with Gasteiger partial charge in [0.1, 0.15) is 5.82 Å². The van der Waals surface area contributed by atoms with Crippen molar-refractivity contribution in [2.45, 2.75) is 40.0 Å². The fraction of sp³-hybridized carbons (Fsp3) is 0.333. The van der Waals surface area contributed by atoms with Gasteiger partial charge in [-0.25, -0.2) is 4.39 Å². The SMILES string of the molecule is Cc1ccc(C(C)NCc2ccc(F)c(CO)c2)c(C)c1. The maximum absolute atomic E-state index is 13.3. The van der Waals surface area contributed by atoms with Gasteiger partial charge in [0.2, 0.25) is 0 Å². The third kappa shape index (κ3) is 3.90. The Kier molecular flexibility index (Phi) is 5.10. The number of aryl methyl sites for hydroxylation is 2. The highest BCUT2D eigenvalue weighted by Crippen LogP contribution is 2.19. The molecule has 0 heterocycles. The Hall–Kier alpha value is -1.71. The van der Waals surface area contributed by atoms with E-state index >= 15 is 0 Å². The van der Waals surface area contributed by atoms with Crippen LogP contribution in [0.5, 0.6) is 0 Å². The van der Waals surface area contributed by atoms with Crippen molar-refractivity contribution < 1.29 is 9.50 Å². The first kappa shape index (κ1) is 15.7. The monoisotopic (exact) mass is 287 g/mol. The first-order valence-corrected chi connectivity index (χ1v) is 7.20. The lowest BCUT2D eigenvalue weighted by Gasteiger charge is -2.17. The summed E-state index contributed by atoms with van der Waals surface area (Å²) in [5.74, 6) is -0.358. The van der Waals surface area contributed by atoms with Gasteiger partial charge in [-0.05, 0) is 49.6 Å². The molecule has 0 spiro atoms. The molecule has 0 saturated heterocycles. The third-order valence-corrected chi connectivity index (χ3v) is 3.78. The Morgan fingerprint density at radius 1 is 1.14 bits per heavy atom. The van der Waals surface area contributed by atoms with E-state index in [-0.39, 0.29) is 18.5 Å². The second-order valence-electron chi connectivity index (χ2n) is 5.55. The Labute approximate surface area is 125 Å². The highest BCUT2D eigenvalue weighted by Gasteiger charge is 2.09. The predicted molar refractivity (Wildman–Crippen MR) is 83.5 cm³/mol. The number of hydrogen-bond acceptors (Lipinski definition) is 2. The van der Waals surface area contributed by atoms with Gasteiger partial charge in [-0.3, -0.25) is 0 Å². The van der Waals surface area contributed by atoms with E-state index < -0.39 is 0 Å². The topological polar surface area (TPSA) is 32.3 Å². The summed E-state index contributed by atoms with van der Waals surface area (Å²) in [7, 11) is 0. The van der Waals surface area contributed by atoms with E-state index in [4.69, 9.17) is 5.11 Å². The average molecular weight is 287 g/mol. The molecule has 0 fully saturated rings. The van der Waals surface area contributed by atoms with Crippen LogP contribution in [-0.2, 0) is 13.2 Å². The molecule has 0 bridgehead atoms. The van der Waals surface area contributed by atoms with Crippen LogP contribution in [0.25, 0.3) is 0 Å². The third-order valence-electron chi connectivity index (χ3n) is 3.78. The number of hydrogen-bond donors (Lipinski definition) is 2. The summed E-state index contributed by atoms with van der Waals surface area (Å²) < 4.78 is 13.3. The van der Waals surface area contributed by atoms with Crippen molar-refractivity contribution in [2.75, 3.05) is 0 Å². The predicted octanol–water partition coefficient (Wildman–Crippen LogP) is 3.79. The van der Waals surface area contributed by atoms with Crippen LogP contribution in [0.3, 0.4) is 0 Å². The van der Waals surface area contributed by atoms with Crippen LogP contribution in [0.2, 0.25) is 0 Å². The van der Waals surface area contributed by atoms with Gasteiger partial charge in [-0.1, -0.05) is 29.8 Å². The molecule has 0 amide bonds. The fourth-order valence-corrected chi connectivity index (χ4v) is 2.55. The summed E-state index contributed by atoms with van der Waals surface area (Å²) in [5.41, 5.74) is 5.11. The van der Waals surface area contributed by atoms with Gasteiger partial charge in [0.25, 0.3) is 0 Å². The second-order valence-corrected chi connectivity index (χ2v) is 5.55. The molecular weight excluding hydrogens is 265 g/mol. The Morgan fingerprint density at radius 2 is 1.90 bits per heavy atom. The Morgan fingerprint density at radius 3 is 2.57 bits per heavy atom. The summed E-state index contributed by atoms with van der Waals surface area (Å²) in [5, 5.41) is 12.5. The van der Waals surface area contributed by atoms with Crippen molar-refractivity contribution in [2.24, 2.45) is 0 Å². The number of nitrogens with one attached hydrogen (secondary N) is 1. The Balaban J connectivity index is 2.05. The van der Waals surface area contributed by atoms with Crippen molar-refractivity contribution in [1.29, 1.82) is 0 Å². The highest BCUT2D eigenvalue weighted by atomic mass is 19.1. The largest absolute Gasteiger partial charge is 0.392 e. The van der Waals surface area contributed by atoms with Crippen molar-refractivity contribution >= 4 is 0 Å². The van der Waals surface area contributed by atoms with Crippen molar-refractivity contribution in [3.63, 3.8) is 0 Å². The molecule has 3 heteroatoms. The number of halogens is 1. The highest BCUT2D eigenvalue weighted by molar-refractivity contribution is 5.32. The molecule has 2 aromatic carbocycles. The van der Waals surface area contributed by atoms with Gasteiger partial charge in [0, 0.05) is 18.2 Å². The first-order valence-electron chi connectivity index (χ1n) is 7.20. The standard InChI is InChI=1S/C18H22FNO/c1-12-4-6-17(13(2)8-12)14(3)20-10-15-5-7-18(19)16(9-15)11-21/h4-9,14,20-21H,10-11H2,1-3H3. The second kappa shape index (κ2) is 6.83. The number of aliphatic hydroxyl groups excluding tert-OH is 1. The molecular formula is C18H22FNO. The van der Waals surface area contributed by atoms with Gasteiger partial charge >= 0.3 is 0 Å². The summed E-state index contributed by atoms with van der Waals surface area (Å²) in [6.07, 6.45) is 0. The molecule has 0 aliphatic carbocycles. The van der Waals surface area contributed by atoms with E-state index in [1.165, 1.54) is 22.8 Å². The van der Waals surface area contributed by atoms with E-state index in [1.54, 1.807) is 12.1 Å². The Bertz CT molecular complexity index is 625. The van der Waals surface area contributed by atoms with Crippen LogP contribution in [-0.4, -0.2) is 5.11 Å². The van der Waals surface area contributed by atoms with E-state index in [0.717, 1.165) is 5.56 Å². The lowest BCUT2D eigenvalue weighted by Crippen LogP contribution is -2.19. The zero-order chi connectivity index (χ0) is 15.4. The van der Waals surface area contributed by atoms with Gasteiger partial charge in [0.05, 0.1) is 6.61 Å². The zero-order valence-corrected chi connectivity index (χ0v) is 12.8. The van der Waals surface area contributed by atoms with Crippen molar-refractivity contribution in [3.05, 3.63) is 70.0 Å². The summed E-state index contributed by atoms with van der Waals surface area (Å²) in [6.45, 7) is 6.69. The maximum Gasteiger partial charge on any atom is 0.128 e. The molecule has 2 nitrogen and oxygen atoms in total. The molecule has 0 saturated carbocycles. The van der Waals surface area contributed by atoms with Crippen LogP contribution < -0.4 is 5.32 Å². The molecule has 0 aliphatic rings. The molecule has 2 N–H and O–H groups in total. The summed E-state index contributed by atoms with van der Waals surface area (Å²) in [4.78, 5) is 0. The average Bonchev–Trinajstić information content (AvgIpc) is 2.46. The number of rotatable bonds is 5. The van der Waals surface area contributed by atoms with Gasteiger partial charge < -0.3 is 10.4 Å². The molecule has 2 rings (SSSR count). The van der Waals surface area contributed by atoms with Crippen molar-refractivity contribution in [1.82, 2.24) is 5.32 Å². The van der Waals surface area contributed by atoms with Crippen LogP contribution >= 0.6 is 0 Å². The van der Waals surface area contributed by atoms with E-state index in [2.05, 4.69) is 44.3 Å². The van der Waals surface area contributed by atoms with Gasteiger partial charge in [0.15, 0.2) is 0 Å². The van der Waals surface area contributed by atoms with Crippen molar-refractivity contribution in [3.8, 4) is 0 Å². The lowest BCUT2D eigenvalue weighted by atomic mass is 10.00. The van der Waals surface area contributed by atoms with E-state index in [9.17, 15) is 4.39 Å². The minimum atomic E-state index is -0.358. The van der Waals surface area contributed by atoms with Crippen LogP contribution in [0.4, 0.5) is 4.39 Å².